The number of aromatic nitrogens is 3. The molecule has 6 heteroatoms. The van der Waals surface area contributed by atoms with Gasteiger partial charge in [-0.15, -0.1) is 10.2 Å². The minimum Gasteiger partial charge on any atom is -0.326 e. The third kappa shape index (κ3) is 3.89. The molecule has 1 heterocycles. The monoisotopic (exact) mass is 259 g/mol. The summed E-state index contributed by atoms with van der Waals surface area (Å²) in [7, 11) is 1.88. The number of nitrogens with zero attached hydrogens (tertiary/aromatic N) is 3. The molecule has 0 fully saturated rings. The van der Waals surface area contributed by atoms with Crippen LogP contribution in [-0.4, -0.2) is 34.3 Å². The molecule has 0 aliphatic carbocycles. The molecule has 0 saturated carbocycles. The van der Waals surface area contributed by atoms with Crippen LogP contribution in [0.25, 0.3) is 5.69 Å². The molecule has 0 radical (unpaired) electrons. The van der Waals surface area contributed by atoms with Crippen molar-refractivity contribution in [2.24, 2.45) is 0 Å². The lowest BCUT2D eigenvalue weighted by Crippen LogP contribution is -2.15. The fourth-order valence-corrected chi connectivity index (χ4v) is 1.73. The maximum Gasteiger partial charge on any atom is 0.224 e. The second-order valence-corrected chi connectivity index (χ2v) is 4.17. The van der Waals surface area contributed by atoms with Gasteiger partial charge in [-0.05, 0) is 38.2 Å². The van der Waals surface area contributed by atoms with Gasteiger partial charge in [-0.2, -0.15) is 0 Å². The average Bonchev–Trinajstić information content (AvgIpc) is 2.93. The number of nitrogens with one attached hydrogen (secondary N) is 2. The first kappa shape index (κ1) is 13.2. The lowest BCUT2D eigenvalue weighted by molar-refractivity contribution is -0.116. The highest BCUT2D eigenvalue weighted by molar-refractivity contribution is 5.90. The molecule has 19 heavy (non-hydrogen) atoms. The molecule has 1 amide bonds. The lowest BCUT2D eigenvalue weighted by atomic mass is 10.2. The van der Waals surface area contributed by atoms with Crippen LogP contribution in [0.2, 0.25) is 0 Å². The van der Waals surface area contributed by atoms with Crippen molar-refractivity contribution in [3.8, 4) is 5.69 Å². The third-order valence-electron chi connectivity index (χ3n) is 2.68. The first-order valence-electron chi connectivity index (χ1n) is 6.19. The summed E-state index contributed by atoms with van der Waals surface area (Å²) in [6.07, 6.45) is 4.58. The highest BCUT2D eigenvalue weighted by Crippen LogP contribution is 2.14. The van der Waals surface area contributed by atoms with E-state index >= 15 is 0 Å². The van der Waals surface area contributed by atoms with E-state index in [2.05, 4.69) is 20.8 Å². The van der Waals surface area contributed by atoms with Gasteiger partial charge >= 0.3 is 0 Å². The van der Waals surface area contributed by atoms with Gasteiger partial charge in [-0.3, -0.25) is 9.36 Å². The van der Waals surface area contributed by atoms with Crippen molar-refractivity contribution >= 4 is 11.6 Å². The van der Waals surface area contributed by atoms with Crippen LogP contribution in [0.4, 0.5) is 5.69 Å². The van der Waals surface area contributed by atoms with Crippen LogP contribution in [-0.2, 0) is 4.79 Å². The molecule has 0 unspecified atom stereocenters. The average molecular weight is 259 g/mol. The second-order valence-electron chi connectivity index (χ2n) is 4.17. The van der Waals surface area contributed by atoms with Gasteiger partial charge < -0.3 is 10.6 Å². The van der Waals surface area contributed by atoms with Crippen molar-refractivity contribution < 1.29 is 4.79 Å². The fraction of sp³-hybridized carbons (Fsp3) is 0.308. The first-order valence-corrected chi connectivity index (χ1v) is 6.19. The molecule has 1 aromatic heterocycles. The Morgan fingerprint density at radius 3 is 2.84 bits per heavy atom. The van der Waals surface area contributed by atoms with E-state index in [1.807, 2.05) is 31.3 Å². The Hall–Kier alpha value is -2.21. The number of anilines is 1. The van der Waals surface area contributed by atoms with Crippen LogP contribution < -0.4 is 10.6 Å². The van der Waals surface area contributed by atoms with Crippen molar-refractivity contribution in [1.82, 2.24) is 20.1 Å². The highest BCUT2D eigenvalue weighted by atomic mass is 16.1. The van der Waals surface area contributed by atoms with E-state index in [1.54, 1.807) is 17.2 Å². The standard InChI is InChI=1S/C13H17N5O/c1-14-7-3-6-13(19)17-11-4-2-5-12(8-11)18-9-15-16-10-18/h2,4-5,8-10,14H,3,6-7H2,1H3,(H,17,19). The Morgan fingerprint density at radius 2 is 2.11 bits per heavy atom. The van der Waals surface area contributed by atoms with Gasteiger partial charge in [0.05, 0.1) is 5.69 Å². The molecule has 0 aliphatic heterocycles. The Balaban J connectivity index is 1.97. The molecule has 6 nitrogen and oxygen atoms in total. The van der Waals surface area contributed by atoms with E-state index in [0.29, 0.717) is 6.42 Å². The first-order chi connectivity index (χ1) is 9.29. The van der Waals surface area contributed by atoms with Crippen molar-refractivity contribution in [3.05, 3.63) is 36.9 Å². The van der Waals surface area contributed by atoms with E-state index in [1.165, 1.54) is 0 Å². The van der Waals surface area contributed by atoms with E-state index in [4.69, 9.17) is 0 Å². The zero-order valence-corrected chi connectivity index (χ0v) is 10.8. The summed E-state index contributed by atoms with van der Waals surface area (Å²) in [6.45, 7) is 0.841. The number of benzene rings is 1. The molecule has 100 valence electrons. The van der Waals surface area contributed by atoms with Gasteiger partial charge in [0.1, 0.15) is 12.7 Å². The van der Waals surface area contributed by atoms with Gasteiger partial charge in [0, 0.05) is 12.1 Å². The number of hydrogen-bond acceptors (Lipinski definition) is 4. The number of hydrogen-bond donors (Lipinski definition) is 2. The number of carbonyl (C=O) groups excluding carboxylic acids is 1. The van der Waals surface area contributed by atoms with Crippen LogP contribution in [0, 0.1) is 0 Å². The van der Waals surface area contributed by atoms with Crippen LogP contribution in [0.3, 0.4) is 0 Å². The summed E-state index contributed by atoms with van der Waals surface area (Å²) in [4.78, 5) is 11.7. The van der Waals surface area contributed by atoms with Crippen molar-refractivity contribution in [1.29, 1.82) is 0 Å². The van der Waals surface area contributed by atoms with Gasteiger partial charge in [0.15, 0.2) is 0 Å². The fourth-order valence-electron chi connectivity index (χ4n) is 1.73. The Bertz CT molecular complexity index is 524. The van der Waals surface area contributed by atoms with Gasteiger partial charge in [0.2, 0.25) is 5.91 Å². The summed E-state index contributed by atoms with van der Waals surface area (Å²) in [5.74, 6) is 0.0242. The second kappa shape index (κ2) is 6.65. The zero-order chi connectivity index (χ0) is 13.5. The summed E-state index contributed by atoms with van der Waals surface area (Å²) in [5, 5.41) is 13.4. The van der Waals surface area contributed by atoms with Crippen LogP contribution in [0.15, 0.2) is 36.9 Å². The predicted molar refractivity (Wildman–Crippen MR) is 73.1 cm³/mol. The maximum atomic E-state index is 11.7. The van der Waals surface area contributed by atoms with E-state index in [9.17, 15) is 4.79 Å². The predicted octanol–water partition coefficient (Wildman–Crippen LogP) is 1.21. The van der Waals surface area contributed by atoms with Crippen molar-refractivity contribution in [2.45, 2.75) is 12.8 Å². The molecule has 0 saturated heterocycles. The molecule has 1 aromatic carbocycles. The third-order valence-corrected chi connectivity index (χ3v) is 2.68. The molecule has 0 bridgehead atoms. The Labute approximate surface area is 111 Å². The van der Waals surface area contributed by atoms with Crippen molar-refractivity contribution in [3.63, 3.8) is 0 Å². The minimum atomic E-state index is 0.0242. The SMILES string of the molecule is CNCCCC(=O)Nc1cccc(-n2cnnc2)c1. The normalized spacial score (nSPS) is 10.4. The molecular formula is C13H17N5O. The van der Waals surface area contributed by atoms with E-state index in [-0.39, 0.29) is 5.91 Å². The molecule has 2 aromatic rings. The number of rotatable bonds is 6. The van der Waals surface area contributed by atoms with E-state index < -0.39 is 0 Å². The van der Waals surface area contributed by atoms with Gasteiger partial charge in [-0.1, -0.05) is 6.07 Å². The van der Waals surface area contributed by atoms with Crippen LogP contribution in [0.5, 0.6) is 0 Å². The molecule has 0 spiro atoms. The summed E-state index contributed by atoms with van der Waals surface area (Å²) < 4.78 is 1.79. The number of carbonyl (C=O) groups is 1. The number of amides is 1. The molecule has 0 aliphatic rings. The van der Waals surface area contributed by atoms with Gasteiger partial charge in [0.25, 0.3) is 0 Å². The van der Waals surface area contributed by atoms with E-state index in [0.717, 1.165) is 24.3 Å². The van der Waals surface area contributed by atoms with Crippen molar-refractivity contribution in [2.75, 3.05) is 18.9 Å². The minimum absolute atomic E-state index is 0.0242. The Morgan fingerprint density at radius 1 is 1.32 bits per heavy atom. The molecular weight excluding hydrogens is 242 g/mol. The smallest absolute Gasteiger partial charge is 0.224 e. The maximum absolute atomic E-state index is 11.7. The quantitative estimate of drug-likeness (QED) is 0.765. The Kier molecular flexibility index (Phi) is 4.63. The summed E-state index contributed by atoms with van der Waals surface area (Å²) in [6, 6.07) is 7.57. The molecule has 2 rings (SSSR count). The molecule has 2 N–H and O–H groups in total. The topological polar surface area (TPSA) is 71.8 Å². The van der Waals surface area contributed by atoms with Crippen LogP contribution >= 0.6 is 0 Å². The summed E-state index contributed by atoms with van der Waals surface area (Å²) in [5.41, 5.74) is 1.69. The van der Waals surface area contributed by atoms with Crippen LogP contribution in [0.1, 0.15) is 12.8 Å². The largest absolute Gasteiger partial charge is 0.326 e. The molecule has 0 atom stereocenters. The lowest BCUT2D eigenvalue weighted by Gasteiger charge is -2.07. The van der Waals surface area contributed by atoms with Gasteiger partial charge in [-0.25, -0.2) is 0 Å². The zero-order valence-electron chi connectivity index (χ0n) is 10.8. The summed E-state index contributed by atoms with van der Waals surface area (Å²) >= 11 is 0. The highest BCUT2D eigenvalue weighted by Gasteiger charge is 2.03.